The first kappa shape index (κ1) is 59.3. The minimum Gasteiger partial charge on any atom is -1.00 e. The number of alkyl halides is 1. The fraction of sp³-hybridized carbons (Fsp3) is 0.344. The van der Waals surface area contributed by atoms with Crippen molar-refractivity contribution in [3.05, 3.63) is 204 Å². The lowest BCUT2D eigenvalue weighted by Gasteiger charge is -2.51. The third kappa shape index (κ3) is 16.3. The number of benzene rings is 6. The number of hydrogen-bond donors (Lipinski definition) is 2. The highest BCUT2D eigenvalue weighted by molar-refractivity contribution is 6.30. The molecule has 0 unspecified atom stereocenters. The summed E-state index contributed by atoms with van der Waals surface area (Å²) in [4.78, 5) is 52.7. The molecular formula is C61H74Cl2N4O6. The van der Waals surface area contributed by atoms with Gasteiger partial charge in [-0.05, 0) is 67.2 Å². The highest BCUT2D eigenvalue weighted by Gasteiger charge is 2.49. The van der Waals surface area contributed by atoms with E-state index in [4.69, 9.17) is 21.1 Å². The number of ether oxygens (including phenoxy) is 2. The molecule has 0 amide bonds. The summed E-state index contributed by atoms with van der Waals surface area (Å²) in [6.07, 6.45) is 4.12. The Balaban J connectivity index is 0.000000261. The number of nitrogens with one attached hydrogen (secondary N) is 2. The molecule has 6 saturated heterocycles. The highest BCUT2D eigenvalue weighted by atomic mass is 35.5. The van der Waals surface area contributed by atoms with Crippen LogP contribution in [-0.4, -0.2) is 96.8 Å². The Morgan fingerprint density at radius 3 is 1.29 bits per heavy atom. The van der Waals surface area contributed by atoms with Crippen LogP contribution in [0.1, 0.15) is 91.9 Å². The van der Waals surface area contributed by atoms with Crippen LogP contribution in [0.15, 0.2) is 182 Å². The largest absolute Gasteiger partial charge is 1.00 e. The number of carbonyl (C=O) groups excluding carboxylic acids is 4. The lowest BCUT2D eigenvalue weighted by molar-refractivity contribution is -0.938. The number of ketones is 2. The van der Waals surface area contributed by atoms with Crippen LogP contribution in [0.25, 0.3) is 0 Å². The first-order chi connectivity index (χ1) is 33.8. The molecule has 6 fully saturated rings. The van der Waals surface area contributed by atoms with Crippen LogP contribution >= 0.6 is 11.6 Å². The second-order valence-electron chi connectivity index (χ2n) is 18.5. The van der Waals surface area contributed by atoms with Crippen molar-refractivity contribution in [1.82, 2.24) is 4.90 Å². The lowest BCUT2D eigenvalue weighted by Crippen LogP contribution is -3.00. The molecule has 6 aliphatic rings. The molecule has 12 rings (SSSR count). The fourth-order valence-electron chi connectivity index (χ4n) is 10.0. The van der Waals surface area contributed by atoms with Gasteiger partial charge >= 0.3 is 11.9 Å². The molecule has 12 heteroatoms. The van der Waals surface area contributed by atoms with E-state index < -0.39 is 12.1 Å². The minimum atomic E-state index is -0.585. The number of halogens is 2. The molecule has 0 saturated carbocycles. The van der Waals surface area contributed by atoms with E-state index in [1.54, 1.807) is 12.1 Å². The summed E-state index contributed by atoms with van der Waals surface area (Å²) >= 11 is 5.34. The zero-order chi connectivity index (χ0) is 47.8. The molecular weight excluding hydrogens is 956 g/mol. The number of quaternary nitrogens is 1. The van der Waals surface area contributed by atoms with Gasteiger partial charge in [0.15, 0.2) is 24.0 Å². The molecule has 10 nitrogen and oxygen atoms in total. The van der Waals surface area contributed by atoms with Gasteiger partial charge in [-0.1, -0.05) is 180 Å². The van der Waals surface area contributed by atoms with Gasteiger partial charge in [0.1, 0.15) is 19.2 Å². The average molecular weight is 1030 g/mol. The predicted octanol–water partition coefficient (Wildman–Crippen LogP) is 9.37. The third-order valence-electron chi connectivity index (χ3n) is 13.9. The molecule has 6 aliphatic heterocycles. The Labute approximate surface area is 445 Å². The second-order valence-corrected chi connectivity index (χ2v) is 18.7. The minimum absolute atomic E-state index is 0. The average Bonchev–Trinajstić information content (AvgIpc) is 3.41. The Morgan fingerprint density at radius 2 is 0.890 bits per heavy atom. The summed E-state index contributed by atoms with van der Waals surface area (Å²) in [5, 5.41) is 6.70. The van der Waals surface area contributed by atoms with E-state index in [1.165, 1.54) is 0 Å². The van der Waals surface area contributed by atoms with Crippen LogP contribution < -0.4 is 23.0 Å². The molecule has 0 aliphatic carbocycles. The van der Waals surface area contributed by atoms with Gasteiger partial charge in [-0.2, -0.15) is 0 Å². The molecule has 6 aromatic rings. The van der Waals surface area contributed by atoms with Gasteiger partial charge in [-0.3, -0.25) is 14.5 Å². The molecule has 2 N–H and O–H groups in total. The van der Waals surface area contributed by atoms with Gasteiger partial charge in [0.25, 0.3) is 0 Å². The number of piperidine rings is 6. The van der Waals surface area contributed by atoms with E-state index in [0.29, 0.717) is 35.0 Å². The van der Waals surface area contributed by atoms with Crippen LogP contribution in [0.3, 0.4) is 0 Å². The van der Waals surface area contributed by atoms with Crippen molar-refractivity contribution in [3.8, 4) is 0 Å². The van der Waals surface area contributed by atoms with Crippen molar-refractivity contribution >= 4 is 46.5 Å². The van der Waals surface area contributed by atoms with Crippen LogP contribution in [0.5, 0.6) is 0 Å². The first-order valence-corrected chi connectivity index (χ1v) is 24.7. The molecule has 4 bridgehead atoms. The van der Waals surface area contributed by atoms with Crippen molar-refractivity contribution in [2.75, 3.05) is 62.3 Å². The number of anilines is 2. The van der Waals surface area contributed by atoms with Gasteiger partial charge in [-0.25, -0.2) is 9.59 Å². The summed E-state index contributed by atoms with van der Waals surface area (Å²) in [7, 11) is 0. The number of carbonyl (C=O) groups is 4. The van der Waals surface area contributed by atoms with E-state index in [2.05, 4.69) is 15.5 Å². The van der Waals surface area contributed by atoms with Crippen LogP contribution in [-0.2, 0) is 19.1 Å². The monoisotopic (exact) mass is 1030 g/mol. The number of rotatable bonds is 15. The summed E-state index contributed by atoms with van der Waals surface area (Å²) in [5.41, 5.74) is 5.03. The van der Waals surface area contributed by atoms with Gasteiger partial charge in [0.2, 0.25) is 5.78 Å². The normalized spacial score (nSPS) is 21.5. The summed E-state index contributed by atoms with van der Waals surface area (Å²) < 4.78 is 12.9. The number of esters is 2. The maximum Gasteiger partial charge on any atom is 0.333 e. The van der Waals surface area contributed by atoms with E-state index in [9.17, 15) is 19.2 Å². The summed E-state index contributed by atoms with van der Waals surface area (Å²) in [6, 6.07) is 56.6. The van der Waals surface area contributed by atoms with E-state index in [0.717, 1.165) is 86.5 Å². The molecule has 0 spiro atoms. The maximum absolute atomic E-state index is 13.5. The molecule has 4 atom stereocenters. The van der Waals surface area contributed by atoms with Gasteiger partial charge in [0.05, 0.1) is 19.0 Å². The summed E-state index contributed by atoms with van der Waals surface area (Å²) in [6.45, 7) is 6.29. The Morgan fingerprint density at radius 1 is 0.521 bits per heavy atom. The smallest absolute Gasteiger partial charge is 0.333 e. The SMILES string of the molecule is C.C.C.O=C(CCl)c1ccccc1.O=C(C[N+]12CCC(CC1)[C@@H](OC(=O)[C@H](Nc1ccccc1)c1ccccc1)C2)c1ccccc1.O=C(O[C@H]1CN2CCC1CC2)[C@H](Nc1ccccc1)c1ccccc1.[Cl-]. The first-order valence-electron chi connectivity index (χ1n) is 24.2. The quantitative estimate of drug-likeness (QED) is 0.0450. The van der Waals surface area contributed by atoms with Crippen molar-refractivity contribution in [3.63, 3.8) is 0 Å². The maximum atomic E-state index is 13.5. The van der Waals surface area contributed by atoms with Crippen molar-refractivity contribution in [1.29, 1.82) is 0 Å². The van der Waals surface area contributed by atoms with E-state index >= 15 is 0 Å². The van der Waals surface area contributed by atoms with Crippen LogP contribution in [0, 0.1) is 11.8 Å². The summed E-state index contributed by atoms with van der Waals surface area (Å²) in [5.74, 6) is 0.631. The van der Waals surface area contributed by atoms with Gasteiger partial charge < -0.3 is 37.0 Å². The Hall–Kier alpha value is -6.30. The highest BCUT2D eigenvalue weighted by Crippen LogP contribution is 2.37. The predicted molar refractivity (Wildman–Crippen MR) is 292 cm³/mol. The molecule has 388 valence electrons. The zero-order valence-corrected chi connectivity index (χ0v) is 40.9. The number of Topliss-reactive ketones (excluding diaryl/α,β-unsaturated/α-hetero) is 2. The van der Waals surface area contributed by atoms with E-state index in [1.807, 2.05) is 170 Å². The molecule has 6 heterocycles. The molecule has 0 aromatic heterocycles. The number of para-hydroxylation sites is 2. The standard InChI is InChI=1S/C29H31N2O3.C21H24N2O2.C8H7ClO.3CH4.ClH/c32-26(22-10-4-1-5-11-22)20-31-18-16-23(17-19-31)27(21-31)34-29(33)28(24-12-6-2-7-13-24)30-25-14-8-3-9-15-25;24-21(25-19-15-23-13-11-16(19)12-14-23)20(17-7-3-1-4-8-17)22-18-9-5-2-6-10-18;9-6-8(10)7-4-2-1-3-5-7;;;;/h1-15,23,27-28,30H,16-21H2;1-10,16,19-20,22H,11-15H2;1-5H,6H2;3*1H4;1H/q+1;;;;;;/p-1/t23?,27-,28+,31?;19-,20+;;;;;/m00...../s1. The Kier molecular flexibility index (Phi) is 23.9. The van der Waals surface area contributed by atoms with Gasteiger partial charge in [-0.15, -0.1) is 11.6 Å². The molecule has 73 heavy (non-hydrogen) atoms. The lowest BCUT2D eigenvalue weighted by atomic mass is 9.82. The fourth-order valence-corrected chi connectivity index (χ4v) is 10.2. The molecule has 6 aromatic carbocycles. The number of nitrogens with zero attached hydrogens (tertiary/aromatic N) is 2. The van der Waals surface area contributed by atoms with Crippen molar-refractivity contribution in [2.45, 2.75) is 72.3 Å². The third-order valence-corrected chi connectivity index (χ3v) is 14.1. The number of hydrogen-bond acceptors (Lipinski definition) is 9. The molecule has 0 radical (unpaired) electrons. The van der Waals surface area contributed by atoms with Crippen LogP contribution in [0.4, 0.5) is 11.4 Å². The topological polar surface area (TPSA) is 114 Å². The van der Waals surface area contributed by atoms with Crippen molar-refractivity contribution in [2.24, 2.45) is 11.8 Å². The number of fused-ring (bicyclic) bond motifs is 6. The van der Waals surface area contributed by atoms with Crippen LogP contribution in [0.2, 0.25) is 0 Å². The Bertz CT molecular complexity index is 2550. The zero-order valence-electron chi connectivity index (χ0n) is 39.4. The second kappa shape index (κ2) is 29.4. The van der Waals surface area contributed by atoms with Gasteiger partial charge in [0, 0.05) is 47.8 Å². The van der Waals surface area contributed by atoms with E-state index in [-0.39, 0.29) is 76.3 Å². The van der Waals surface area contributed by atoms with Crippen molar-refractivity contribution < 1.29 is 45.5 Å².